The molecule has 2 atom stereocenters. The van der Waals surface area contributed by atoms with Crippen molar-refractivity contribution in [3.05, 3.63) is 70.1 Å². The van der Waals surface area contributed by atoms with Crippen LogP contribution in [0.25, 0.3) is 0 Å². The largest absolute Gasteiger partial charge is 0.496 e. The third-order valence-corrected chi connectivity index (χ3v) is 7.36. The monoisotopic (exact) mass is 559 g/mol. The van der Waals surface area contributed by atoms with Crippen molar-refractivity contribution >= 4 is 11.8 Å². The number of nitrogens with zero attached hydrogens (tertiary/aromatic N) is 5. The number of amides is 2. The number of nitrogens with one attached hydrogen (secondary N) is 1. The van der Waals surface area contributed by atoms with Gasteiger partial charge in [0.25, 0.3) is 5.91 Å². The van der Waals surface area contributed by atoms with Gasteiger partial charge in [-0.05, 0) is 69.4 Å². The number of likely N-dealkylation sites (tertiary alicyclic amines) is 1. The van der Waals surface area contributed by atoms with Crippen LogP contribution in [-0.4, -0.2) is 56.1 Å². The van der Waals surface area contributed by atoms with E-state index in [9.17, 15) is 22.8 Å². The van der Waals surface area contributed by atoms with Crippen molar-refractivity contribution in [1.82, 2.24) is 30.0 Å². The highest BCUT2D eigenvalue weighted by Crippen LogP contribution is 2.42. The van der Waals surface area contributed by atoms with Crippen molar-refractivity contribution in [3.8, 4) is 5.75 Å². The smallest absolute Gasteiger partial charge is 0.433 e. The van der Waals surface area contributed by atoms with Gasteiger partial charge in [0.1, 0.15) is 29.5 Å². The molecule has 40 heavy (non-hydrogen) atoms. The van der Waals surface area contributed by atoms with Crippen molar-refractivity contribution < 1.29 is 31.6 Å². The minimum Gasteiger partial charge on any atom is -0.496 e. The van der Waals surface area contributed by atoms with Crippen molar-refractivity contribution in [2.75, 3.05) is 13.6 Å². The lowest BCUT2D eigenvalue weighted by Crippen LogP contribution is -2.43. The summed E-state index contributed by atoms with van der Waals surface area (Å²) in [5.41, 5.74) is 0.938. The van der Waals surface area contributed by atoms with Crippen molar-refractivity contribution in [2.45, 2.75) is 70.8 Å². The number of hydrogen-bond acceptors (Lipinski definition) is 6. The minimum absolute atomic E-state index is 0.0470. The predicted molar refractivity (Wildman–Crippen MR) is 139 cm³/mol. The molecule has 2 aliphatic rings. The average molecular weight is 560 g/mol. The summed E-state index contributed by atoms with van der Waals surface area (Å²) in [4.78, 5) is 36.8. The predicted octanol–water partition coefficient (Wildman–Crippen LogP) is 4.28. The number of rotatable bonds is 7. The second-order valence-electron chi connectivity index (χ2n) is 10.3. The van der Waals surface area contributed by atoms with Crippen LogP contribution in [0.15, 0.2) is 30.3 Å². The number of benzene rings is 1. The SMILES string of the molecule is [2H]C([2H])([2H])Oc1cccc([C@@H]2[C@H](NC(=O)c3cc(C)nc(C)n3)CCN2C(=O)Cn2nc(C3CC3)cc2C(F)(F)F)c1C. The number of methoxy groups -OCH3 is 1. The number of aryl methyl sites for hydroxylation is 2. The van der Waals surface area contributed by atoms with E-state index in [1.165, 1.54) is 17.0 Å². The summed E-state index contributed by atoms with van der Waals surface area (Å²) in [6.07, 6.45) is -2.92. The van der Waals surface area contributed by atoms with Gasteiger partial charge in [0, 0.05) is 18.2 Å². The van der Waals surface area contributed by atoms with E-state index in [-0.39, 0.29) is 30.3 Å². The number of carbonyl (C=O) groups excluding carboxylic acids is 2. The second-order valence-corrected chi connectivity index (χ2v) is 10.3. The zero-order valence-electron chi connectivity index (χ0n) is 25.2. The molecule has 0 bridgehead atoms. The van der Waals surface area contributed by atoms with E-state index in [4.69, 9.17) is 8.85 Å². The Morgan fingerprint density at radius 1 is 1.15 bits per heavy atom. The molecule has 212 valence electrons. The van der Waals surface area contributed by atoms with Crippen LogP contribution in [0, 0.1) is 20.8 Å². The zero-order valence-corrected chi connectivity index (χ0v) is 22.2. The van der Waals surface area contributed by atoms with Crippen LogP contribution >= 0.6 is 0 Å². The quantitative estimate of drug-likeness (QED) is 0.464. The first-order chi connectivity index (χ1) is 20.1. The first-order valence-corrected chi connectivity index (χ1v) is 13.0. The van der Waals surface area contributed by atoms with Crippen LogP contribution < -0.4 is 10.1 Å². The molecule has 0 unspecified atom stereocenters. The van der Waals surface area contributed by atoms with Crippen molar-refractivity contribution in [3.63, 3.8) is 0 Å². The Labute approximate surface area is 234 Å². The fraction of sp³-hybridized carbons (Fsp3) is 0.464. The Morgan fingerprint density at radius 3 is 2.60 bits per heavy atom. The highest BCUT2D eigenvalue weighted by atomic mass is 19.4. The van der Waals surface area contributed by atoms with Gasteiger partial charge in [0.2, 0.25) is 5.91 Å². The van der Waals surface area contributed by atoms with Gasteiger partial charge < -0.3 is 15.0 Å². The van der Waals surface area contributed by atoms with Crippen LogP contribution in [0.3, 0.4) is 0 Å². The molecule has 0 radical (unpaired) electrons. The van der Waals surface area contributed by atoms with E-state index in [1.807, 2.05) is 0 Å². The Balaban J connectivity index is 1.49. The molecule has 9 nitrogen and oxygen atoms in total. The lowest BCUT2D eigenvalue weighted by Gasteiger charge is -2.31. The molecule has 5 rings (SSSR count). The molecular formula is C28H31F3N6O3. The highest BCUT2D eigenvalue weighted by Gasteiger charge is 2.42. The molecule has 1 saturated carbocycles. The van der Waals surface area contributed by atoms with Gasteiger partial charge in [-0.1, -0.05) is 12.1 Å². The van der Waals surface area contributed by atoms with Gasteiger partial charge >= 0.3 is 6.18 Å². The molecule has 1 saturated heterocycles. The van der Waals surface area contributed by atoms with Crippen LogP contribution in [0.2, 0.25) is 0 Å². The van der Waals surface area contributed by atoms with E-state index in [0.29, 0.717) is 33.0 Å². The maximum Gasteiger partial charge on any atom is 0.433 e. The summed E-state index contributed by atoms with van der Waals surface area (Å²) < 4.78 is 70.0. The number of hydrogen-bond donors (Lipinski definition) is 1. The van der Waals surface area contributed by atoms with E-state index in [0.717, 1.165) is 18.9 Å². The minimum atomic E-state index is -4.70. The molecule has 1 aliphatic carbocycles. The number of halogens is 3. The average Bonchev–Trinajstić information content (AvgIpc) is 3.52. The molecule has 1 aromatic carbocycles. The molecule has 1 N–H and O–H groups in total. The summed E-state index contributed by atoms with van der Waals surface area (Å²) in [5.74, 6) is -0.724. The van der Waals surface area contributed by atoms with Crippen LogP contribution in [0.4, 0.5) is 13.2 Å². The number of carbonyl (C=O) groups is 2. The number of alkyl halides is 3. The van der Waals surface area contributed by atoms with Crippen LogP contribution in [0.5, 0.6) is 5.75 Å². The molecule has 12 heteroatoms. The maximum atomic E-state index is 13.9. The van der Waals surface area contributed by atoms with E-state index in [1.54, 1.807) is 32.9 Å². The topological polar surface area (TPSA) is 102 Å². The lowest BCUT2D eigenvalue weighted by molar-refractivity contribution is -0.146. The Bertz CT molecular complexity index is 1530. The summed E-state index contributed by atoms with van der Waals surface area (Å²) in [6.45, 7) is 4.47. The van der Waals surface area contributed by atoms with Crippen LogP contribution in [0.1, 0.15) is 79.9 Å². The van der Waals surface area contributed by atoms with Gasteiger partial charge in [-0.2, -0.15) is 18.3 Å². The normalized spacial score (nSPS) is 20.6. The molecule has 2 aromatic heterocycles. The molecule has 3 aromatic rings. The first kappa shape index (κ1) is 23.9. The fourth-order valence-electron chi connectivity index (χ4n) is 5.33. The van der Waals surface area contributed by atoms with Gasteiger partial charge in [0.15, 0.2) is 0 Å². The molecule has 0 spiro atoms. The summed E-state index contributed by atoms with van der Waals surface area (Å²) in [5, 5.41) is 7.05. The summed E-state index contributed by atoms with van der Waals surface area (Å²) in [7, 11) is -2.74. The zero-order chi connectivity index (χ0) is 31.3. The van der Waals surface area contributed by atoms with Crippen molar-refractivity contribution in [2.24, 2.45) is 0 Å². The summed E-state index contributed by atoms with van der Waals surface area (Å²) in [6, 6.07) is 5.74. The van der Waals surface area contributed by atoms with E-state index < -0.39 is 49.4 Å². The molecule has 3 heterocycles. The Morgan fingerprint density at radius 2 is 1.93 bits per heavy atom. The van der Waals surface area contributed by atoms with Gasteiger partial charge in [0.05, 0.1) is 28.9 Å². The molecule has 2 fully saturated rings. The number of ether oxygens (including phenoxy) is 1. The molecule has 2 amide bonds. The van der Waals surface area contributed by atoms with E-state index >= 15 is 0 Å². The third-order valence-electron chi connectivity index (χ3n) is 7.36. The van der Waals surface area contributed by atoms with E-state index in [2.05, 4.69) is 20.4 Å². The first-order valence-electron chi connectivity index (χ1n) is 14.5. The Kier molecular flexibility index (Phi) is 6.30. The third kappa shape index (κ3) is 5.52. The second kappa shape index (κ2) is 10.5. The summed E-state index contributed by atoms with van der Waals surface area (Å²) >= 11 is 0. The standard InChI is InChI=1S/C28H31F3N6O3/c1-15-12-22(33-17(3)32-15)27(39)34-20-10-11-36(26(20)19-6-5-7-23(40-4)16(19)2)25(38)14-37-24(28(29,30)31)13-21(35-37)18-8-9-18/h5-7,12-13,18,20,26H,8-11,14H2,1-4H3,(H,34,39)/t20-,26-/m1/s1/i4D3. The Hall–Kier alpha value is -3.96. The maximum absolute atomic E-state index is 13.9. The van der Waals surface area contributed by atoms with Gasteiger partial charge in [-0.3, -0.25) is 14.3 Å². The van der Waals surface area contributed by atoms with Gasteiger partial charge in [-0.25, -0.2) is 9.97 Å². The molecule has 1 aliphatic heterocycles. The molecular weight excluding hydrogens is 525 g/mol. The lowest BCUT2D eigenvalue weighted by atomic mass is 9.95. The van der Waals surface area contributed by atoms with Gasteiger partial charge in [-0.15, -0.1) is 0 Å². The number of aromatic nitrogens is 4. The fourth-order valence-corrected chi connectivity index (χ4v) is 5.33. The highest BCUT2D eigenvalue weighted by molar-refractivity contribution is 5.92. The van der Waals surface area contributed by atoms with Crippen molar-refractivity contribution in [1.29, 1.82) is 0 Å². The van der Waals surface area contributed by atoms with Crippen LogP contribution in [-0.2, 0) is 17.5 Å².